The lowest BCUT2D eigenvalue weighted by atomic mass is 10.2. The number of aliphatic carboxylic acids is 1. The van der Waals surface area contributed by atoms with E-state index in [4.69, 9.17) is 9.84 Å². The average molecular weight is 283 g/mol. The molecule has 0 aliphatic rings. The number of benzene rings is 1. The van der Waals surface area contributed by atoms with Gasteiger partial charge in [-0.15, -0.1) is 10.2 Å². The van der Waals surface area contributed by atoms with Crippen LogP contribution < -0.4 is 4.74 Å². The standard InChI is InChI=1S/C11H10FN3O3S/c1-18-6-2-3-8(12)7(4-6)10-13-11(15-14-10)19-5-9(16)17/h2-4H,5H2,1H3,(H,16,17)(H,13,14,15). The number of ether oxygens (including phenoxy) is 1. The molecule has 0 radical (unpaired) electrons. The molecule has 0 saturated heterocycles. The van der Waals surface area contributed by atoms with Crippen molar-refractivity contribution in [2.24, 2.45) is 0 Å². The maximum atomic E-state index is 13.7. The van der Waals surface area contributed by atoms with Crippen LogP contribution in [-0.2, 0) is 4.79 Å². The second-order valence-electron chi connectivity index (χ2n) is 3.51. The monoisotopic (exact) mass is 283 g/mol. The van der Waals surface area contributed by atoms with E-state index in [0.717, 1.165) is 11.8 Å². The molecular formula is C11H10FN3O3S. The second kappa shape index (κ2) is 5.70. The summed E-state index contributed by atoms with van der Waals surface area (Å²) in [6, 6.07) is 4.25. The number of carboxylic acid groups (broad SMARTS) is 1. The number of aromatic amines is 1. The number of halogens is 1. The van der Waals surface area contributed by atoms with Crippen molar-refractivity contribution in [3.8, 4) is 17.1 Å². The van der Waals surface area contributed by atoms with Crippen LogP contribution in [0.2, 0.25) is 0 Å². The smallest absolute Gasteiger partial charge is 0.313 e. The summed E-state index contributed by atoms with van der Waals surface area (Å²) in [5, 5.41) is 16.4. The van der Waals surface area contributed by atoms with Crippen LogP contribution in [0, 0.1) is 5.82 Å². The number of methoxy groups -OCH3 is 1. The number of hydrogen-bond acceptors (Lipinski definition) is 5. The van der Waals surface area contributed by atoms with E-state index in [2.05, 4.69) is 15.2 Å². The van der Waals surface area contributed by atoms with Crippen molar-refractivity contribution in [2.45, 2.75) is 5.16 Å². The summed E-state index contributed by atoms with van der Waals surface area (Å²) in [5.41, 5.74) is 0.217. The number of rotatable bonds is 5. The van der Waals surface area contributed by atoms with Crippen LogP contribution in [0.4, 0.5) is 4.39 Å². The summed E-state index contributed by atoms with van der Waals surface area (Å²) in [6.07, 6.45) is 0. The topological polar surface area (TPSA) is 88.1 Å². The van der Waals surface area contributed by atoms with Gasteiger partial charge in [-0.25, -0.2) is 4.39 Å². The minimum Gasteiger partial charge on any atom is -0.497 e. The zero-order chi connectivity index (χ0) is 13.8. The zero-order valence-electron chi connectivity index (χ0n) is 9.88. The van der Waals surface area contributed by atoms with Crippen molar-refractivity contribution in [1.82, 2.24) is 15.2 Å². The Bertz CT molecular complexity index is 603. The summed E-state index contributed by atoms with van der Waals surface area (Å²) in [7, 11) is 1.48. The third-order valence-corrected chi connectivity index (χ3v) is 3.08. The largest absolute Gasteiger partial charge is 0.497 e. The first-order chi connectivity index (χ1) is 9.10. The first kappa shape index (κ1) is 13.3. The number of thioether (sulfide) groups is 1. The molecule has 1 aromatic heterocycles. The molecule has 0 atom stereocenters. The van der Waals surface area contributed by atoms with E-state index in [0.29, 0.717) is 10.9 Å². The van der Waals surface area contributed by atoms with Gasteiger partial charge in [0, 0.05) is 0 Å². The molecule has 8 heteroatoms. The Labute approximate surface area is 112 Å². The van der Waals surface area contributed by atoms with E-state index in [1.165, 1.54) is 25.3 Å². The molecule has 0 bridgehead atoms. The highest BCUT2D eigenvalue weighted by molar-refractivity contribution is 7.99. The van der Waals surface area contributed by atoms with Crippen molar-refractivity contribution < 1.29 is 19.0 Å². The molecule has 2 aromatic rings. The van der Waals surface area contributed by atoms with Crippen LogP contribution in [0.3, 0.4) is 0 Å². The number of nitrogens with zero attached hydrogens (tertiary/aromatic N) is 2. The summed E-state index contributed by atoms with van der Waals surface area (Å²) >= 11 is 0.977. The van der Waals surface area contributed by atoms with Crippen molar-refractivity contribution >= 4 is 17.7 Å². The molecule has 100 valence electrons. The molecule has 1 heterocycles. The lowest BCUT2D eigenvalue weighted by Gasteiger charge is -2.02. The molecule has 0 fully saturated rings. The average Bonchev–Trinajstić information content (AvgIpc) is 2.85. The fourth-order valence-electron chi connectivity index (χ4n) is 1.38. The van der Waals surface area contributed by atoms with Gasteiger partial charge in [-0.3, -0.25) is 4.79 Å². The fourth-order valence-corrected chi connectivity index (χ4v) is 1.90. The van der Waals surface area contributed by atoms with Crippen LogP contribution in [0.15, 0.2) is 23.4 Å². The zero-order valence-corrected chi connectivity index (χ0v) is 10.7. The number of aromatic nitrogens is 3. The first-order valence-corrected chi connectivity index (χ1v) is 6.20. The van der Waals surface area contributed by atoms with Crippen molar-refractivity contribution in [3.63, 3.8) is 0 Å². The molecule has 0 spiro atoms. The SMILES string of the molecule is COc1ccc(F)c(-c2nnc(SCC(=O)O)[nH]2)c1. The molecule has 1 aromatic carbocycles. The second-order valence-corrected chi connectivity index (χ2v) is 4.47. The van der Waals surface area contributed by atoms with E-state index in [1.807, 2.05) is 0 Å². The van der Waals surface area contributed by atoms with Gasteiger partial charge in [-0.05, 0) is 18.2 Å². The Morgan fingerprint density at radius 2 is 2.32 bits per heavy atom. The van der Waals surface area contributed by atoms with E-state index < -0.39 is 11.8 Å². The Morgan fingerprint density at radius 1 is 1.53 bits per heavy atom. The lowest BCUT2D eigenvalue weighted by molar-refractivity contribution is -0.133. The van der Waals surface area contributed by atoms with Crippen LogP contribution in [0.1, 0.15) is 0 Å². The van der Waals surface area contributed by atoms with Crippen LogP contribution in [0.5, 0.6) is 5.75 Å². The van der Waals surface area contributed by atoms with Gasteiger partial charge in [0.2, 0.25) is 0 Å². The highest BCUT2D eigenvalue weighted by Gasteiger charge is 2.12. The van der Waals surface area contributed by atoms with Crippen LogP contribution >= 0.6 is 11.8 Å². The highest BCUT2D eigenvalue weighted by atomic mass is 32.2. The van der Waals surface area contributed by atoms with Gasteiger partial charge < -0.3 is 14.8 Å². The van der Waals surface area contributed by atoms with Crippen LogP contribution in [0.25, 0.3) is 11.4 Å². The number of carboxylic acids is 1. The highest BCUT2D eigenvalue weighted by Crippen LogP contribution is 2.25. The Morgan fingerprint density at radius 3 is 3.00 bits per heavy atom. The van der Waals surface area contributed by atoms with E-state index >= 15 is 0 Å². The maximum Gasteiger partial charge on any atom is 0.313 e. The van der Waals surface area contributed by atoms with Gasteiger partial charge in [-0.2, -0.15) is 0 Å². The van der Waals surface area contributed by atoms with Crippen molar-refractivity contribution in [2.75, 3.05) is 12.9 Å². The third kappa shape index (κ3) is 3.22. The van der Waals surface area contributed by atoms with Gasteiger partial charge in [-0.1, -0.05) is 11.8 Å². The van der Waals surface area contributed by atoms with Gasteiger partial charge in [0.05, 0.1) is 18.4 Å². The number of nitrogens with one attached hydrogen (secondary N) is 1. The Hall–Kier alpha value is -2.09. The normalized spacial score (nSPS) is 10.4. The molecule has 0 amide bonds. The number of H-pyrrole nitrogens is 1. The molecule has 0 aliphatic heterocycles. The quantitative estimate of drug-likeness (QED) is 0.813. The Kier molecular flexibility index (Phi) is 4.00. The summed E-state index contributed by atoms with van der Waals surface area (Å²) in [4.78, 5) is 13.2. The molecule has 6 nitrogen and oxygen atoms in total. The van der Waals surface area contributed by atoms with Gasteiger partial charge in [0.25, 0.3) is 0 Å². The number of carbonyl (C=O) groups is 1. The predicted octanol–water partition coefficient (Wildman–Crippen LogP) is 1.80. The molecule has 0 aliphatic carbocycles. The van der Waals surface area contributed by atoms with Gasteiger partial charge in [0.1, 0.15) is 11.6 Å². The van der Waals surface area contributed by atoms with Gasteiger partial charge >= 0.3 is 5.97 Å². The molecular weight excluding hydrogens is 273 g/mol. The molecule has 2 N–H and O–H groups in total. The maximum absolute atomic E-state index is 13.7. The lowest BCUT2D eigenvalue weighted by Crippen LogP contribution is -1.97. The van der Waals surface area contributed by atoms with E-state index in [-0.39, 0.29) is 17.1 Å². The van der Waals surface area contributed by atoms with E-state index in [9.17, 15) is 9.18 Å². The van der Waals surface area contributed by atoms with Crippen LogP contribution in [-0.4, -0.2) is 39.1 Å². The summed E-state index contributed by atoms with van der Waals surface area (Å²) in [5.74, 6) is -0.853. The molecule has 19 heavy (non-hydrogen) atoms. The van der Waals surface area contributed by atoms with E-state index in [1.54, 1.807) is 0 Å². The third-order valence-electron chi connectivity index (χ3n) is 2.23. The predicted molar refractivity (Wildman–Crippen MR) is 66.7 cm³/mol. The van der Waals surface area contributed by atoms with Crippen molar-refractivity contribution in [1.29, 1.82) is 0 Å². The number of hydrogen-bond donors (Lipinski definition) is 2. The minimum atomic E-state index is -0.962. The Balaban J connectivity index is 2.24. The van der Waals surface area contributed by atoms with Crippen molar-refractivity contribution in [3.05, 3.63) is 24.0 Å². The van der Waals surface area contributed by atoms with Gasteiger partial charge in [0.15, 0.2) is 11.0 Å². The summed E-state index contributed by atoms with van der Waals surface area (Å²) in [6.45, 7) is 0. The fraction of sp³-hybridized carbons (Fsp3) is 0.182. The molecule has 0 saturated carbocycles. The summed E-state index contributed by atoms with van der Waals surface area (Å²) < 4.78 is 18.7. The molecule has 0 unspecified atom stereocenters. The molecule has 2 rings (SSSR count). The first-order valence-electron chi connectivity index (χ1n) is 5.21. The minimum absolute atomic E-state index is 0.144.